The van der Waals surface area contributed by atoms with Crippen molar-refractivity contribution in [2.24, 2.45) is 11.8 Å². The molecule has 1 aliphatic heterocycles. The number of sulfonamides is 2. The first-order valence-corrected chi connectivity index (χ1v) is 15.7. The van der Waals surface area contributed by atoms with E-state index in [1.165, 1.54) is 34.9 Å². The smallest absolute Gasteiger partial charge is 0.247 e. The molecule has 1 N–H and O–H groups in total. The number of methoxy groups -OCH3 is 1. The predicted molar refractivity (Wildman–Crippen MR) is 150 cm³/mol. The van der Waals surface area contributed by atoms with Gasteiger partial charge >= 0.3 is 0 Å². The summed E-state index contributed by atoms with van der Waals surface area (Å²) in [5.74, 6) is 6.44. The molecule has 0 unspecified atom stereocenters. The summed E-state index contributed by atoms with van der Waals surface area (Å²) in [6, 6.07) is 10.3. The molecule has 9 nitrogen and oxygen atoms in total. The van der Waals surface area contributed by atoms with Gasteiger partial charge in [-0.3, -0.25) is 0 Å². The van der Waals surface area contributed by atoms with Crippen molar-refractivity contribution >= 4 is 20.0 Å². The first-order valence-electron chi connectivity index (χ1n) is 12.8. The number of rotatable bonds is 8. The van der Waals surface area contributed by atoms with E-state index in [1.54, 1.807) is 44.2 Å². The van der Waals surface area contributed by atoms with Crippen molar-refractivity contribution in [2.75, 3.05) is 33.9 Å². The van der Waals surface area contributed by atoms with Gasteiger partial charge in [0.05, 0.1) is 20.3 Å². The molecule has 3 atom stereocenters. The number of aliphatic hydroxyl groups is 1. The van der Waals surface area contributed by atoms with Gasteiger partial charge in [0.2, 0.25) is 20.0 Å². The lowest BCUT2D eigenvalue weighted by molar-refractivity contribution is 0.0904. The van der Waals surface area contributed by atoms with Gasteiger partial charge in [-0.1, -0.05) is 44.7 Å². The molecule has 0 bridgehead atoms. The largest absolute Gasteiger partial charge is 0.495 e. The van der Waals surface area contributed by atoms with Gasteiger partial charge in [0, 0.05) is 37.5 Å². The number of fused-ring (bicyclic) bond motifs is 1. The Kier molecular flexibility index (Phi) is 10.1. The normalized spacial score (nSPS) is 20.2. The SMILES string of the molecule is COc1ccccc1S(=O)(=O)N(C)C[C@@H]1Oc2cc(C#CCC(C)C)ccc2S(=O)(=O)N([C@H](C)CO)C[C@H]1C. The molecule has 0 radical (unpaired) electrons. The maximum atomic E-state index is 13.7. The van der Waals surface area contributed by atoms with Crippen molar-refractivity contribution in [3.63, 3.8) is 0 Å². The number of aliphatic hydroxyl groups excluding tert-OH is 1. The molecule has 0 aromatic heterocycles. The van der Waals surface area contributed by atoms with Crippen LogP contribution in [0.4, 0.5) is 0 Å². The maximum Gasteiger partial charge on any atom is 0.247 e. The molecule has 39 heavy (non-hydrogen) atoms. The van der Waals surface area contributed by atoms with Crippen molar-refractivity contribution in [3.8, 4) is 23.3 Å². The fraction of sp³-hybridized carbons (Fsp3) is 0.500. The molecule has 2 aromatic rings. The van der Waals surface area contributed by atoms with Crippen molar-refractivity contribution in [1.29, 1.82) is 0 Å². The van der Waals surface area contributed by atoms with Gasteiger partial charge in [-0.05, 0) is 43.2 Å². The number of ether oxygens (including phenoxy) is 2. The van der Waals surface area contributed by atoms with E-state index < -0.39 is 38.1 Å². The molecular formula is C28H38N2O7S2. The number of hydrogen-bond donors (Lipinski definition) is 1. The zero-order valence-electron chi connectivity index (χ0n) is 23.3. The third kappa shape index (κ3) is 6.94. The first-order chi connectivity index (χ1) is 18.3. The van der Waals surface area contributed by atoms with Gasteiger partial charge in [-0.2, -0.15) is 8.61 Å². The Bertz CT molecular complexity index is 1430. The standard InChI is InChI=1S/C28H38N2O7S2/c1-20(2)10-9-11-23-14-15-28-25(16-23)37-26(21(3)17-30(22(4)19-31)39(28,34)35)18-29(5)38(32,33)27-13-8-7-12-24(27)36-6/h7-8,12-16,20-22,26,31H,10,17-19H2,1-6H3/t21-,22-,26+/m1/s1. The Hall–Kier alpha value is -2.62. The first kappa shape index (κ1) is 30.9. The van der Waals surface area contributed by atoms with Gasteiger partial charge in [-0.15, -0.1) is 0 Å². The van der Waals surface area contributed by atoms with Gasteiger partial charge in [0.15, 0.2) is 0 Å². The van der Waals surface area contributed by atoms with Crippen LogP contribution < -0.4 is 9.47 Å². The van der Waals surface area contributed by atoms with E-state index in [4.69, 9.17) is 9.47 Å². The predicted octanol–water partition coefficient (Wildman–Crippen LogP) is 3.18. The third-order valence-corrected chi connectivity index (χ3v) is 10.5. The molecule has 214 valence electrons. The Morgan fingerprint density at radius 1 is 1.21 bits per heavy atom. The van der Waals surface area contributed by atoms with Crippen molar-refractivity contribution in [1.82, 2.24) is 8.61 Å². The molecule has 1 aliphatic rings. The van der Waals surface area contributed by atoms with Crippen molar-refractivity contribution < 1.29 is 31.4 Å². The third-order valence-electron chi connectivity index (χ3n) is 6.60. The highest BCUT2D eigenvalue weighted by molar-refractivity contribution is 7.89. The second-order valence-electron chi connectivity index (χ2n) is 10.2. The summed E-state index contributed by atoms with van der Waals surface area (Å²) in [5.41, 5.74) is 0.591. The summed E-state index contributed by atoms with van der Waals surface area (Å²) in [7, 11) is -5.11. The molecule has 0 aliphatic carbocycles. The van der Waals surface area contributed by atoms with E-state index >= 15 is 0 Å². The summed E-state index contributed by atoms with van der Waals surface area (Å²) in [4.78, 5) is -0.0286. The lowest BCUT2D eigenvalue weighted by atomic mass is 10.0. The monoisotopic (exact) mass is 578 g/mol. The van der Waals surface area contributed by atoms with E-state index in [2.05, 4.69) is 25.7 Å². The molecule has 3 rings (SSSR count). The van der Waals surface area contributed by atoms with Crippen LogP contribution in [0.1, 0.15) is 39.7 Å². The van der Waals surface area contributed by atoms with Gasteiger partial charge in [0.25, 0.3) is 0 Å². The number of para-hydroxylation sites is 1. The van der Waals surface area contributed by atoms with E-state index in [9.17, 15) is 21.9 Å². The Morgan fingerprint density at radius 2 is 1.90 bits per heavy atom. The molecule has 2 aromatic carbocycles. The topological polar surface area (TPSA) is 113 Å². The number of nitrogens with zero attached hydrogens (tertiary/aromatic N) is 2. The van der Waals surface area contributed by atoms with Crippen LogP contribution >= 0.6 is 0 Å². The van der Waals surface area contributed by atoms with Crippen LogP contribution in [0.25, 0.3) is 0 Å². The summed E-state index contributed by atoms with van der Waals surface area (Å²) in [5, 5.41) is 9.84. The quantitative estimate of drug-likeness (QED) is 0.479. The average Bonchev–Trinajstić information content (AvgIpc) is 2.89. The lowest BCUT2D eigenvalue weighted by Gasteiger charge is -2.37. The molecular weight excluding hydrogens is 540 g/mol. The fourth-order valence-corrected chi connectivity index (χ4v) is 7.39. The number of likely N-dealkylation sites (N-methyl/N-ethyl adjacent to an activating group) is 1. The van der Waals surface area contributed by atoms with Crippen LogP contribution in [0.15, 0.2) is 52.3 Å². The molecule has 0 saturated carbocycles. The maximum absolute atomic E-state index is 13.7. The Morgan fingerprint density at radius 3 is 2.54 bits per heavy atom. The molecule has 0 saturated heterocycles. The summed E-state index contributed by atoms with van der Waals surface area (Å²) in [6.45, 7) is 7.17. The number of benzene rings is 2. The molecule has 11 heteroatoms. The van der Waals surface area contributed by atoms with E-state index in [1.807, 2.05) is 0 Å². The Labute approximate surface area is 232 Å². The van der Waals surface area contributed by atoms with Crippen molar-refractivity contribution in [3.05, 3.63) is 48.0 Å². The summed E-state index contributed by atoms with van der Waals surface area (Å²) in [6.07, 6.45) is -0.0236. The minimum Gasteiger partial charge on any atom is -0.495 e. The fourth-order valence-electron chi connectivity index (χ4n) is 4.23. The molecule has 0 spiro atoms. The zero-order chi connectivity index (χ0) is 29.0. The molecule has 1 heterocycles. The minimum atomic E-state index is -4.02. The zero-order valence-corrected chi connectivity index (χ0v) is 24.9. The van der Waals surface area contributed by atoms with Crippen LogP contribution in [0.3, 0.4) is 0 Å². The van der Waals surface area contributed by atoms with E-state index in [0.29, 0.717) is 17.9 Å². The van der Waals surface area contributed by atoms with Crippen LogP contribution in [0.5, 0.6) is 11.5 Å². The van der Waals surface area contributed by atoms with Crippen LogP contribution in [-0.2, 0) is 20.0 Å². The van der Waals surface area contributed by atoms with Gasteiger partial charge in [0.1, 0.15) is 27.4 Å². The highest BCUT2D eigenvalue weighted by atomic mass is 32.2. The van der Waals surface area contributed by atoms with E-state index in [0.717, 1.165) is 0 Å². The second kappa shape index (κ2) is 12.7. The van der Waals surface area contributed by atoms with E-state index in [-0.39, 0.29) is 41.0 Å². The molecule has 0 fully saturated rings. The minimum absolute atomic E-state index is 0.0229. The van der Waals surface area contributed by atoms with Crippen molar-refractivity contribution in [2.45, 2.75) is 56.1 Å². The van der Waals surface area contributed by atoms with Gasteiger partial charge < -0.3 is 14.6 Å². The summed E-state index contributed by atoms with van der Waals surface area (Å²) < 4.78 is 68.3. The number of hydrogen-bond acceptors (Lipinski definition) is 7. The average molecular weight is 579 g/mol. The lowest BCUT2D eigenvalue weighted by Crippen LogP contribution is -2.50. The van der Waals surface area contributed by atoms with Crippen LogP contribution in [0, 0.1) is 23.7 Å². The Balaban J connectivity index is 2.06. The highest BCUT2D eigenvalue weighted by Crippen LogP contribution is 2.35. The summed E-state index contributed by atoms with van der Waals surface area (Å²) >= 11 is 0. The van der Waals surface area contributed by atoms with Crippen LogP contribution in [-0.4, -0.2) is 76.6 Å². The van der Waals surface area contributed by atoms with Gasteiger partial charge in [-0.25, -0.2) is 16.8 Å². The van der Waals surface area contributed by atoms with Crippen LogP contribution in [0.2, 0.25) is 0 Å². The highest BCUT2D eigenvalue weighted by Gasteiger charge is 2.39. The molecule has 0 amide bonds. The second-order valence-corrected chi connectivity index (χ2v) is 14.1.